The molecule has 1 saturated carbocycles. The molecule has 0 aliphatic heterocycles. The minimum absolute atomic E-state index is 0.0270. The van der Waals surface area contributed by atoms with E-state index in [1.807, 2.05) is 18.2 Å². The number of aromatic nitrogens is 3. The van der Waals surface area contributed by atoms with Gasteiger partial charge in [0.25, 0.3) is 0 Å². The molecule has 0 spiro atoms. The summed E-state index contributed by atoms with van der Waals surface area (Å²) in [5, 5.41) is 17.7. The molecule has 0 unspecified atom stereocenters. The molecule has 200 valence electrons. The number of pyridine rings is 1. The molecule has 8 nitrogen and oxygen atoms in total. The number of carbonyl (C=O) groups is 1. The van der Waals surface area contributed by atoms with Crippen LogP contribution in [0.15, 0.2) is 66.9 Å². The minimum Gasteiger partial charge on any atom is -0.486 e. The fourth-order valence-electron chi connectivity index (χ4n) is 5.36. The van der Waals surface area contributed by atoms with E-state index in [-0.39, 0.29) is 19.0 Å². The van der Waals surface area contributed by atoms with Gasteiger partial charge < -0.3 is 15.2 Å². The van der Waals surface area contributed by atoms with E-state index in [0.717, 1.165) is 51.3 Å². The Kier molecular flexibility index (Phi) is 6.79. The Balaban J connectivity index is 1.41. The third kappa shape index (κ3) is 4.60. The highest BCUT2D eigenvalue weighted by molar-refractivity contribution is 6.02. The van der Waals surface area contributed by atoms with E-state index in [0.29, 0.717) is 35.3 Å². The number of anilines is 1. The number of benzene rings is 3. The van der Waals surface area contributed by atoms with Gasteiger partial charge >= 0.3 is 5.97 Å². The summed E-state index contributed by atoms with van der Waals surface area (Å²) >= 11 is 0. The van der Waals surface area contributed by atoms with Crippen LogP contribution in [0.1, 0.15) is 49.0 Å². The fourth-order valence-corrected chi connectivity index (χ4v) is 5.36. The molecule has 1 aliphatic carbocycles. The Morgan fingerprint density at radius 2 is 1.95 bits per heavy atom. The molecule has 1 fully saturated rings. The standard InChI is InChI=1S/C32H29N5O3/c1-2-39-30(38)17-21-6-3-7-22(18-33)31(21)40-19-28-27-16-20(12-13-29(27)37(36-28)23-8-4-9-23)24-10-5-11-26-25(24)14-15-35-32(26)34/h3,5-7,10-16,23H,2,4,8-9,17,19H2,1H3,(H2,34,35). The number of nitrogens with two attached hydrogens (primary N) is 1. The molecule has 2 heterocycles. The maximum atomic E-state index is 12.2. The summed E-state index contributed by atoms with van der Waals surface area (Å²) in [6, 6.07) is 22.2. The van der Waals surface area contributed by atoms with Gasteiger partial charge in [-0.05, 0) is 67.0 Å². The normalized spacial score (nSPS) is 13.2. The number of esters is 1. The lowest BCUT2D eigenvalue weighted by molar-refractivity contribution is -0.142. The quantitative estimate of drug-likeness (QED) is 0.240. The van der Waals surface area contributed by atoms with Gasteiger partial charge in [-0.15, -0.1) is 0 Å². The van der Waals surface area contributed by atoms with E-state index in [2.05, 4.69) is 40.0 Å². The first kappa shape index (κ1) is 25.4. The predicted octanol–water partition coefficient (Wildman–Crippen LogP) is 6.11. The third-order valence-corrected chi connectivity index (χ3v) is 7.56. The van der Waals surface area contributed by atoms with Crippen molar-refractivity contribution < 1.29 is 14.3 Å². The molecular weight excluding hydrogens is 502 g/mol. The topological polar surface area (TPSA) is 116 Å². The lowest BCUT2D eigenvalue weighted by Gasteiger charge is -2.26. The van der Waals surface area contributed by atoms with Gasteiger partial charge in [-0.2, -0.15) is 10.4 Å². The molecule has 5 aromatic rings. The second-order valence-electron chi connectivity index (χ2n) is 9.98. The number of fused-ring (bicyclic) bond motifs is 2. The second kappa shape index (κ2) is 10.7. The zero-order valence-corrected chi connectivity index (χ0v) is 22.3. The first-order valence-electron chi connectivity index (χ1n) is 13.5. The van der Waals surface area contributed by atoms with E-state index in [4.69, 9.17) is 20.3 Å². The lowest BCUT2D eigenvalue weighted by atomic mass is 9.93. The van der Waals surface area contributed by atoms with Gasteiger partial charge in [0.1, 0.15) is 29.9 Å². The zero-order valence-electron chi connectivity index (χ0n) is 22.3. The molecule has 2 aromatic heterocycles. The van der Waals surface area contributed by atoms with Gasteiger partial charge in [-0.25, -0.2) is 4.98 Å². The molecule has 0 amide bonds. The van der Waals surface area contributed by atoms with Crippen LogP contribution in [-0.2, 0) is 22.6 Å². The maximum Gasteiger partial charge on any atom is 0.310 e. The highest BCUT2D eigenvalue weighted by atomic mass is 16.5. The van der Waals surface area contributed by atoms with E-state index < -0.39 is 0 Å². The van der Waals surface area contributed by atoms with Gasteiger partial charge in [-0.3, -0.25) is 9.48 Å². The molecular formula is C32H29N5O3. The molecule has 8 heteroatoms. The second-order valence-corrected chi connectivity index (χ2v) is 9.98. The van der Waals surface area contributed by atoms with Gasteiger partial charge in [0.05, 0.1) is 30.1 Å². The van der Waals surface area contributed by atoms with E-state index >= 15 is 0 Å². The summed E-state index contributed by atoms with van der Waals surface area (Å²) in [5.74, 6) is 0.525. The SMILES string of the molecule is CCOC(=O)Cc1cccc(C#N)c1OCc1nn(C2CCC2)c2ccc(-c3cccc4c(N)nccc34)cc12. The Hall–Kier alpha value is -4.90. The van der Waals surface area contributed by atoms with Crippen molar-refractivity contribution in [3.05, 3.63) is 83.7 Å². The highest BCUT2D eigenvalue weighted by Gasteiger charge is 2.25. The van der Waals surface area contributed by atoms with Crippen LogP contribution in [0.25, 0.3) is 32.8 Å². The Bertz CT molecular complexity index is 1780. The maximum absolute atomic E-state index is 12.2. The van der Waals surface area contributed by atoms with Crippen molar-refractivity contribution in [2.24, 2.45) is 0 Å². The van der Waals surface area contributed by atoms with Gasteiger partial charge in [0.15, 0.2) is 0 Å². The van der Waals surface area contributed by atoms with Gasteiger partial charge in [0, 0.05) is 22.5 Å². The average molecular weight is 532 g/mol. The number of hydrogen-bond acceptors (Lipinski definition) is 7. The van der Waals surface area contributed by atoms with Crippen molar-refractivity contribution in [3.8, 4) is 22.9 Å². The first-order valence-corrected chi connectivity index (χ1v) is 13.5. The fraction of sp³-hybridized carbons (Fsp3) is 0.250. The monoisotopic (exact) mass is 531 g/mol. The van der Waals surface area contributed by atoms with Crippen LogP contribution in [0, 0.1) is 11.3 Å². The molecule has 2 N–H and O–H groups in total. The van der Waals surface area contributed by atoms with Crippen LogP contribution in [0.5, 0.6) is 5.75 Å². The Labute approximate surface area is 232 Å². The molecule has 0 bridgehead atoms. The van der Waals surface area contributed by atoms with Crippen molar-refractivity contribution >= 4 is 33.5 Å². The molecule has 0 atom stereocenters. The third-order valence-electron chi connectivity index (χ3n) is 7.56. The highest BCUT2D eigenvalue weighted by Crippen LogP contribution is 2.38. The van der Waals surface area contributed by atoms with Crippen molar-refractivity contribution in [2.45, 2.75) is 45.3 Å². The Morgan fingerprint density at radius 3 is 2.73 bits per heavy atom. The number of nitriles is 1. The van der Waals surface area contributed by atoms with Gasteiger partial charge in [0.2, 0.25) is 0 Å². The number of nitrogen functional groups attached to an aromatic ring is 1. The largest absolute Gasteiger partial charge is 0.486 e. The first-order chi connectivity index (χ1) is 19.6. The molecule has 0 saturated heterocycles. The smallest absolute Gasteiger partial charge is 0.310 e. The summed E-state index contributed by atoms with van der Waals surface area (Å²) in [6.07, 6.45) is 5.13. The predicted molar refractivity (Wildman–Crippen MR) is 154 cm³/mol. The van der Waals surface area contributed by atoms with Crippen molar-refractivity contribution in [1.82, 2.24) is 14.8 Å². The van der Waals surface area contributed by atoms with Crippen LogP contribution >= 0.6 is 0 Å². The summed E-state index contributed by atoms with van der Waals surface area (Å²) in [5.41, 5.74) is 11.1. The van der Waals surface area contributed by atoms with Crippen LogP contribution in [0.4, 0.5) is 5.82 Å². The van der Waals surface area contributed by atoms with Crippen LogP contribution in [-0.4, -0.2) is 27.3 Å². The molecule has 0 radical (unpaired) electrons. The van der Waals surface area contributed by atoms with E-state index in [1.165, 1.54) is 6.42 Å². The van der Waals surface area contributed by atoms with E-state index in [9.17, 15) is 10.1 Å². The average Bonchev–Trinajstić information content (AvgIpc) is 3.28. The molecule has 6 rings (SSSR count). The number of para-hydroxylation sites is 1. The summed E-state index contributed by atoms with van der Waals surface area (Å²) in [4.78, 5) is 16.5. The molecule has 40 heavy (non-hydrogen) atoms. The van der Waals surface area contributed by atoms with Crippen molar-refractivity contribution in [2.75, 3.05) is 12.3 Å². The van der Waals surface area contributed by atoms with E-state index in [1.54, 1.807) is 31.3 Å². The number of carbonyl (C=O) groups excluding carboxylic acids is 1. The van der Waals surface area contributed by atoms with Crippen LogP contribution < -0.4 is 10.5 Å². The summed E-state index contributed by atoms with van der Waals surface area (Å²) in [6.45, 7) is 2.21. The molecule has 1 aliphatic rings. The van der Waals surface area contributed by atoms with Crippen molar-refractivity contribution in [1.29, 1.82) is 5.26 Å². The van der Waals surface area contributed by atoms with Crippen LogP contribution in [0.3, 0.4) is 0 Å². The molecule has 3 aromatic carbocycles. The number of nitrogens with zero attached hydrogens (tertiary/aromatic N) is 4. The summed E-state index contributed by atoms with van der Waals surface area (Å²) < 4.78 is 13.5. The number of ether oxygens (including phenoxy) is 2. The van der Waals surface area contributed by atoms with Crippen molar-refractivity contribution in [3.63, 3.8) is 0 Å². The minimum atomic E-state index is -0.363. The Morgan fingerprint density at radius 1 is 1.10 bits per heavy atom. The summed E-state index contributed by atoms with van der Waals surface area (Å²) in [7, 11) is 0. The number of rotatable bonds is 8. The van der Waals surface area contributed by atoms with Gasteiger partial charge in [-0.1, -0.05) is 36.4 Å². The van der Waals surface area contributed by atoms with Crippen LogP contribution in [0.2, 0.25) is 0 Å². The number of hydrogen-bond donors (Lipinski definition) is 1. The zero-order chi connectivity index (χ0) is 27.6. The lowest BCUT2D eigenvalue weighted by Crippen LogP contribution is -2.18.